The third-order valence-electron chi connectivity index (χ3n) is 7.11. The van der Waals surface area contributed by atoms with Crippen LogP contribution in [0.2, 0.25) is 0 Å². The molecule has 36 heavy (non-hydrogen) atoms. The summed E-state index contributed by atoms with van der Waals surface area (Å²) < 4.78 is 27.2. The van der Waals surface area contributed by atoms with Gasteiger partial charge in [0, 0.05) is 46.9 Å². The number of pyridine rings is 1. The van der Waals surface area contributed by atoms with Crippen LogP contribution < -0.4 is 5.32 Å². The molecule has 0 saturated carbocycles. The quantitative estimate of drug-likeness (QED) is 0.325. The molecule has 1 N–H and O–H groups in total. The fraction of sp³-hybridized carbons (Fsp3) is 0.267. The summed E-state index contributed by atoms with van der Waals surface area (Å²) in [6.07, 6.45) is 3.75. The lowest BCUT2D eigenvalue weighted by Gasteiger charge is -2.38. The van der Waals surface area contributed by atoms with Crippen LogP contribution in [0.3, 0.4) is 0 Å². The summed E-state index contributed by atoms with van der Waals surface area (Å²) in [5.74, 6) is -1.53. The van der Waals surface area contributed by atoms with Gasteiger partial charge >= 0.3 is 0 Å². The molecule has 4 aromatic rings. The van der Waals surface area contributed by atoms with Crippen LogP contribution in [-0.2, 0) is 6.54 Å². The first-order chi connectivity index (χ1) is 17.4. The Morgan fingerprint density at radius 1 is 0.944 bits per heavy atom. The molecular weight excluding hydrogens is 456 g/mol. The minimum Gasteiger partial charge on any atom is -0.322 e. The predicted octanol–water partition coefficient (Wildman–Crippen LogP) is 7.20. The number of nitrogens with one attached hydrogen (secondary N) is 1. The Kier molecular flexibility index (Phi) is 6.79. The standard InChI is InChI=1S/C30H29F2N3O/c1-19-4-3-5-20(2)35(19)18-26-12-10-23-16-25(13-15-29(23)33-26)34-30(36)22-8-6-21(7-9-22)27-14-11-24(31)17-28(27)32/h6-17,19-20H,3-5,18H2,1-2H3,(H,34,36)/t19-,20+. The van der Waals surface area contributed by atoms with Crippen LogP contribution in [0.15, 0.2) is 72.8 Å². The van der Waals surface area contributed by atoms with Gasteiger partial charge in [0.05, 0.1) is 11.2 Å². The Morgan fingerprint density at radius 2 is 1.69 bits per heavy atom. The first-order valence-electron chi connectivity index (χ1n) is 12.4. The number of carbonyl (C=O) groups is 1. The molecule has 0 unspecified atom stereocenters. The number of likely N-dealkylation sites (tertiary alicyclic amines) is 1. The van der Waals surface area contributed by atoms with Gasteiger partial charge in [-0.15, -0.1) is 0 Å². The first kappa shape index (κ1) is 24.1. The zero-order valence-corrected chi connectivity index (χ0v) is 20.5. The number of benzene rings is 3. The largest absolute Gasteiger partial charge is 0.322 e. The van der Waals surface area contributed by atoms with E-state index >= 15 is 0 Å². The lowest BCUT2D eigenvalue weighted by molar-refractivity contribution is 0.0939. The van der Waals surface area contributed by atoms with Gasteiger partial charge in [0.2, 0.25) is 0 Å². The molecule has 3 aromatic carbocycles. The molecule has 1 aromatic heterocycles. The molecule has 1 amide bonds. The first-order valence-corrected chi connectivity index (χ1v) is 12.4. The molecule has 5 rings (SSSR count). The van der Waals surface area contributed by atoms with Gasteiger partial charge in [-0.1, -0.05) is 24.6 Å². The summed E-state index contributed by atoms with van der Waals surface area (Å²) >= 11 is 0. The zero-order chi connectivity index (χ0) is 25.2. The number of hydrogen-bond donors (Lipinski definition) is 1. The lowest BCUT2D eigenvalue weighted by Crippen LogP contribution is -2.43. The van der Waals surface area contributed by atoms with Crippen LogP contribution in [0.4, 0.5) is 14.5 Å². The predicted molar refractivity (Wildman–Crippen MR) is 140 cm³/mol. The Hall–Kier alpha value is -3.64. The number of nitrogens with zero attached hydrogens (tertiary/aromatic N) is 2. The van der Waals surface area contributed by atoms with Crippen LogP contribution in [0.5, 0.6) is 0 Å². The zero-order valence-electron chi connectivity index (χ0n) is 20.5. The van der Waals surface area contributed by atoms with Gasteiger partial charge in [-0.05, 0) is 80.8 Å². The number of rotatable bonds is 5. The molecule has 1 aliphatic rings. The third-order valence-corrected chi connectivity index (χ3v) is 7.11. The van der Waals surface area contributed by atoms with Gasteiger partial charge in [-0.2, -0.15) is 0 Å². The number of anilines is 1. The second kappa shape index (κ2) is 10.2. The van der Waals surface area contributed by atoms with Crippen molar-refractivity contribution in [1.29, 1.82) is 0 Å². The molecular formula is C30H29F2N3O. The molecule has 0 bridgehead atoms. The van der Waals surface area contributed by atoms with E-state index in [2.05, 4.69) is 36.2 Å². The minimum absolute atomic E-state index is 0.266. The number of carbonyl (C=O) groups excluding carboxylic acids is 1. The average molecular weight is 486 g/mol. The summed E-state index contributed by atoms with van der Waals surface area (Å²) in [5, 5.41) is 3.88. The van der Waals surface area contributed by atoms with Crippen molar-refractivity contribution in [2.24, 2.45) is 0 Å². The van der Waals surface area contributed by atoms with E-state index < -0.39 is 11.6 Å². The van der Waals surface area contributed by atoms with Crippen molar-refractivity contribution in [1.82, 2.24) is 9.88 Å². The third kappa shape index (κ3) is 5.14. The van der Waals surface area contributed by atoms with E-state index in [4.69, 9.17) is 4.98 Å². The smallest absolute Gasteiger partial charge is 0.255 e. The monoisotopic (exact) mass is 485 g/mol. The second-order valence-electron chi connectivity index (χ2n) is 9.67. The highest BCUT2D eigenvalue weighted by molar-refractivity contribution is 6.05. The molecule has 0 radical (unpaired) electrons. The minimum atomic E-state index is -0.639. The van der Waals surface area contributed by atoms with E-state index in [0.717, 1.165) is 29.2 Å². The summed E-state index contributed by atoms with van der Waals surface area (Å²) in [6, 6.07) is 21.0. The summed E-state index contributed by atoms with van der Waals surface area (Å²) in [7, 11) is 0. The topological polar surface area (TPSA) is 45.2 Å². The summed E-state index contributed by atoms with van der Waals surface area (Å²) in [5.41, 5.74) is 3.93. The normalized spacial score (nSPS) is 18.3. The number of fused-ring (bicyclic) bond motifs is 1. The Labute approximate surface area is 210 Å². The van der Waals surface area contributed by atoms with Gasteiger partial charge in [-0.3, -0.25) is 14.7 Å². The molecule has 1 saturated heterocycles. The van der Waals surface area contributed by atoms with E-state index in [1.807, 2.05) is 18.2 Å². The number of piperidine rings is 1. The fourth-order valence-corrected chi connectivity index (χ4v) is 5.04. The molecule has 6 heteroatoms. The maximum Gasteiger partial charge on any atom is 0.255 e. The summed E-state index contributed by atoms with van der Waals surface area (Å²) in [6.45, 7) is 5.43. The van der Waals surface area contributed by atoms with Crippen molar-refractivity contribution in [3.8, 4) is 11.1 Å². The molecule has 0 aliphatic carbocycles. The lowest BCUT2D eigenvalue weighted by atomic mass is 9.97. The Bertz CT molecular complexity index is 1390. The number of halogens is 2. The van der Waals surface area contributed by atoms with Crippen LogP contribution in [0.25, 0.3) is 22.0 Å². The molecule has 2 heterocycles. The second-order valence-corrected chi connectivity index (χ2v) is 9.67. The van der Waals surface area contributed by atoms with Gasteiger partial charge in [0.15, 0.2) is 0 Å². The van der Waals surface area contributed by atoms with Crippen LogP contribution >= 0.6 is 0 Å². The van der Waals surface area contributed by atoms with Crippen molar-refractivity contribution in [2.45, 2.75) is 51.7 Å². The van der Waals surface area contributed by atoms with Crippen molar-refractivity contribution < 1.29 is 13.6 Å². The van der Waals surface area contributed by atoms with Gasteiger partial charge in [0.25, 0.3) is 5.91 Å². The van der Waals surface area contributed by atoms with E-state index in [-0.39, 0.29) is 11.5 Å². The maximum absolute atomic E-state index is 14.1. The van der Waals surface area contributed by atoms with E-state index in [0.29, 0.717) is 28.9 Å². The fourth-order valence-electron chi connectivity index (χ4n) is 5.04. The van der Waals surface area contributed by atoms with Crippen molar-refractivity contribution in [3.63, 3.8) is 0 Å². The van der Waals surface area contributed by atoms with E-state index in [9.17, 15) is 13.6 Å². The average Bonchev–Trinajstić information content (AvgIpc) is 2.86. The van der Waals surface area contributed by atoms with Gasteiger partial charge < -0.3 is 5.32 Å². The van der Waals surface area contributed by atoms with Crippen LogP contribution in [-0.4, -0.2) is 27.9 Å². The van der Waals surface area contributed by atoms with Crippen molar-refractivity contribution >= 4 is 22.5 Å². The summed E-state index contributed by atoms with van der Waals surface area (Å²) in [4.78, 5) is 20.2. The van der Waals surface area contributed by atoms with Crippen molar-refractivity contribution in [2.75, 3.05) is 5.32 Å². The molecule has 4 nitrogen and oxygen atoms in total. The number of aromatic nitrogens is 1. The molecule has 1 aliphatic heterocycles. The number of amides is 1. The van der Waals surface area contributed by atoms with Crippen molar-refractivity contribution in [3.05, 3.63) is 95.7 Å². The van der Waals surface area contributed by atoms with E-state index in [1.54, 1.807) is 24.3 Å². The van der Waals surface area contributed by atoms with Crippen LogP contribution in [0.1, 0.15) is 49.2 Å². The highest BCUT2D eigenvalue weighted by Gasteiger charge is 2.24. The highest BCUT2D eigenvalue weighted by atomic mass is 19.1. The van der Waals surface area contributed by atoms with Gasteiger partial charge in [-0.25, -0.2) is 8.78 Å². The van der Waals surface area contributed by atoms with E-state index in [1.165, 1.54) is 31.4 Å². The Balaban J connectivity index is 1.28. The number of hydrogen-bond acceptors (Lipinski definition) is 3. The van der Waals surface area contributed by atoms with Gasteiger partial charge in [0.1, 0.15) is 11.6 Å². The SMILES string of the molecule is C[C@@H]1CCC[C@H](C)N1Cc1ccc2cc(NC(=O)c3ccc(-c4ccc(F)cc4F)cc3)ccc2n1. The molecule has 0 spiro atoms. The highest BCUT2D eigenvalue weighted by Crippen LogP contribution is 2.26. The molecule has 2 atom stereocenters. The molecule has 1 fully saturated rings. The maximum atomic E-state index is 14.1. The molecule has 184 valence electrons. The van der Waals surface area contributed by atoms with Crippen LogP contribution in [0, 0.1) is 11.6 Å². The Morgan fingerprint density at radius 3 is 2.42 bits per heavy atom.